The van der Waals surface area contributed by atoms with Crippen molar-refractivity contribution in [1.82, 2.24) is 5.32 Å². The Morgan fingerprint density at radius 1 is 1.21 bits per heavy atom. The van der Waals surface area contributed by atoms with Gasteiger partial charge in [0, 0.05) is 6.04 Å². The van der Waals surface area contributed by atoms with E-state index < -0.39 is 10.0 Å². The van der Waals surface area contributed by atoms with Crippen molar-refractivity contribution in [3.8, 4) is 0 Å². The van der Waals surface area contributed by atoms with Crippen molar-refractivity contribution in [3.63, 3.8) is 0 Å². The maximum Gasteiger partial charge on any atom is 0.240 e. The highest BCUT2D eigenvalue weighted by atomic mass is 32.2. The normalized spacial score (nSPS) is 13.4. The third-order valence-electron chi connectivity index (χ3n) is 3.84. The van der Waals surface area contributed by atoms with Crippen LogP contribution in [0.2, 0.25) is 0 Å². The van der Waals surface area contributed by atoms with Crippen LogP contribution >= 0.6 is 0 Å². The van der Waals surface area contributed by atoms with Gasteiger partial charge in [-0.05, 0) is 36.5 Å². The molecule has 0 heterocycles. The predicted molar refractivity (Wildman–Crippen MR) is 99.8 cm³/mol. The molecule has 0 aliphatic carbocycles. The van der Waals surface area contributed by atoms with E-state index in [0.717, 1.165) is 29.0 Å². The van der Waals surface area contributed by atoms with Gasteiger partial charge in [0.05, 0.1) is 11.9 Å². The summed E-state index contributed by atoms with van der Waals surface area (Å²) < 4.78 is 25.4. The topological polar surface area (TPSA) is 66.5 Å². The Balaban J connectivity index is 2.97. The molecule has 0 spiro atoms. The fraction of sp³-hybridized carbons (Fsp3) is 0.611. The number of hydrogen-bond donors (Lipinski definition) is 1. The first-order valence-corrected chi connectivity index (χ1v) is 10.2. The monoisotopic (exact) mass is 354 g/mol. The van der Waals surface area contributed by atoms with E-state index in [2.05, 4.69) is 26.1 Å². The molecule has 5 nitrogen and oxygen atoms in total. The van der Waals surface area contributed by atoms with E-state index in [4.69, 9.17) is 0 Å². The minimum atomic E-state index is -3.54. The van der Waals surface area contributed by atoms with E-state index in [-0.39, 0.29) is 23.9 Å². The van der Waals surface area contributed by atoms with Gasteiger partial charge in [-0.2, -0.15) is 0 Å². The van der Waals surface area contributed by atoms with Crippen LogP contribution in [0.4, 0.5) is 5.69 Å². The van der Waals surface area contributed by atoms with Crippen LogP contribution in [0.15, 0.2) is 24.3 Å². The zero-order valence-corrected chi connectivity index (χ0v) is 16.4. The second kappa shape index (κ2) is 8.01. The van der Waals surface area contributed by atoms with Gasteiger partial charge < -0.3 is 5.32 Å². The molecule has 6 heteroatoms. The van der Waals surface area contributed by atoms with Gasteiger partial charge in [-0.25, -0.2) is 8.42 Å². The van der Waals surface area contributed by atoms with E-state index in [1.807, 2.05) is 26.0 Å². The Bertz CT molecular complexity index is 646. The number of anilines is 1. The van der Waals surface area contributed by atoms with Gasteiger partial charge in [0.15, 0.2) is 0 Å². The maximum atomic E-state index is 12.2. The largest absolute Gasteiger partial charge is 0.352 e. The molecule has 1 aromatic rings. The van der Waals surface area contributed by atoms with Crippen LogP contribution < -0.4 is 9.62 Å². The lowest BCUT2D eigenvalue weighted by molar-refractivity contribution is -0.120. The molecule has 0 fully saturated rings. The van der Waals surface area contributed by atoms with Gasteiger partial charge in [0.1, 0.15) is 6.54 Å². The summed E-state index contributed by atoms with van der Waals surface area (Å²) in [5.74, 6) is -0.290. The summed E-state index contributed by atoms with van der Waals surface area (Å²) in [6, 6.07) is 7.36. The molecule has 136 valence electrons. The molecule has 1 atom stereocenters. The number of amides is 1. The Kier molecular flexibility index (Phi) is 6.84. The summed E-state index contributed by atoms with van der Waals surface area (Å²) in [6.07, 6.45) is 2.95. The summed E-state index contributed by atoms with van der Waals surface area (Å²) >= 11 is 0. The summed E-state index contributed by atoms with van der Waals surface area (Å²) in [7, 11) is -3.54. The quantitative estimate of drug-likeness (QED) is 0.818. The number of rotatable bonds is 7. The molecular formula is C18H30N2O3S. The third-order valence-corrected chi connectivity index (χ3v) is 4.98. The minimum Gasteiger partial charge on any atom is -0.352 e. The number of nitrogens with one attached hydrogen (secondary N) is 1. The molecule has 24 heavy (non-hydrogen) atoms. The van der Waals surface area contributed by atoms with Crippen LogP contribution in [-0.4, -0.2) is 33.2 Å². The van der Waals surface area contributed by atoms with Crippen molar-refractivity contribution in [2.24, 2.45) is 0 Å². The summed E-state index contributed by atoms with van der Waals surface area (Å²) in [6.45, 7) is 10.0. The van der Waals surface area contributed by atoms with Gasteiger partial charge in [0.2, 0.25) is 15.9 Å². The zero-order valence-electron chi connectivity index (χ0n) is 15.6. The van der Waals surface area contributed by atoms with Gasteiger partial charge in [-0.15, -0.1) is 0 Å². The average molecular weight is 355 g/mol. The van der Waals surface area contributed by atoms with Crippen LogP contribution in [0.1, 0.15) is 53.0 Å². The molecule has 0 aromatic heterocycles. The highest BCUT2D eigenvalue weighted by molar-refractivity contribution is 7.92. The van der Waals surface area contributed by atoms with Crippen molar-refractivity contribution in [1.29, 1.82) is 0 Å². The van der Waals surface area contributed by atoms with Crippen molar-refractivity contribution in [3.05, 3.63) is 29.8 Å². The number of hydrogen-bond acceptors (Lipinski definition) is 3. The second-order valence-corrected chi connectivity index (χ2v) is 9.23. The first-order chi connectivity index (χ1) is 10.9. The molecule has 0 aliphatic rings. The highest BCUT2D eigenvalue weighted by Gasteiger charge is 2.22. The molecule has 0 bridgehead atoms. The van der Waals surface area contributed by atoms with Crippen molar-refractivity contribution in [2.45, 2.75) is 58.9 Å². The van der Waals surface area contributed by atoms with E-state index in [9.17, 15) is 13.2 Å². The van der Waals surface area contributed by atoms with Crippen molar-refractivity contribution in [2.75, 3.05) is 17.1 Å². The Labute approximate surface area is 146 Å². The number of carbonyl (C=O) groups excluding carboxylic acids is 1. The van der Waals surface area contributed by atoms with Gasteiger partial charge >= 0.3 is 0 Å². The standard InChI is InChI=1S/C18H30N2O3S/c1-7-8-14(2)19-17(21)13-20(24(6,22)23)16-11-9-15(10-12-16)18(3,4)5/h9-12,14H,7-8,13H2,1-6H3,(H,19,21)/t14-/m1/s1. The summed E-state index contributed by atoms with van der Waals surface area (Å²) in [4.78, 5) is 12.2. The van der Waals surface area contributed by atoms with E-state index >= 15 is 0 Å². The van der Waals surface area contributed by atoms with Crippen molar-refractivity contribution < 1.29 is 13.2 Å². The fourth-order valence-corrected chi connectivity index (χ4v) is 3.34. The van der Waals surface area contributed by atoms with Gasteiger partial charge in [0.25, 0.3) is 0 Å². The van der Waals surface area contributed by atoms with E-state index in [1.165, 1.54) is 0 Å². The van der Waals surface area contributed by atoms with E-state index in [0.29, 0.717) is 5.69 Å². The minimum absolute atomic E-state index is 0.0125. The van der Waals surface area contributed by atoms with Gasteiger partial charge in [-0.3, -0.25) is 9.10 Å². The van der Waals surface area contributed by atoms with Crippen molar-refractivity contribution >= 4 is 21.6 Å². The molecule has 1 N–H and O–H groups in total. The Morgan fingerprint density at radius 2 is 1.75 bits per heavy atom. The first-order valence-electron chi connectivity index (χ1n) is 8.32. The van der Waals surface area contributed by atoms with E-state index in [1.54, 1.807) is 12.1 Å². The molecule has 1 amide bonds. The molecule has 0 saturated heterocycles. The third kappa shape index (κ3) is 6.15. The summed E-state index contributed by atoms with van der Waals surface area (Å²) in [5, 5.41) is 2.84. The van der Waals surface area contributed by atoms with Crippen LogP contribution in [0.25, 0.3) is 0 Å². The molecule has 0 aliphatic heterocycles. The van der Waals surface area contributed by atoms with Crippen LogP contribution in [0.3, 0.4) is 0 Å². The first kappa shape index (κ1) is 20.5. The molecule has 0 unspecified atom stereocenters. The van der Waals surface area contributed by atoms with Crippen LogP contribution in [0.5, 0.6) is 0 Å². The number of sulfonamides is 1. The number of benzene rings is 1. The number of nitrogens with zero attached hydrogens (tertiary/aromatic N) is 1. The molecular weight excluding hydrogens is 324 g/mol. The predicted octanol–water partition coefficient (Wildman–Crippen LogP) is 3.05. The lowest BCUT2D eigenvalue weighted by Gasteiger charge is -2.25. The SMILES string of the molecule is CCC[C@@H](C)NC(=O)CN(c1ccc(C(C)(C)C)cc1)S(C)(=O)=O. The van der Waals surface area contributed by atoms with Crippen LogP contribution in [0, 0.1) is 0 Å². The summed E-state index contributed by atoms with van der Waals surface area (Å²) in [5.41, 5.74) is 1.60. The zero-order chi connectivity index (χ0) is 18.5. The molecule has 1 rings (SSSR count). The Morgan fingerprint density at radius 3 is 2.17 bits per heavy atom. The smallest absolute Gasteiger partial charge is 0.240 e. The maximum absolute atomic E-state index is 12.2. The molecule has 0 saturated carbocycles. The van der Waals surface area contributed by atoms with Crippen LogP contribution in [-0.2, 0) is 20.2 Å². The van der Waals surface area contributed by atoms with Gasteiger partial charge in [-0.1, -0.05) is 46.2 Å². The molecule has 1 aromatic carbocycles. The average Bonchev–Trinajstić information content (AvgIpc) is 2.43. The fourth-order valence-electron chi connectivity index (χ4n) is 2.48. The number of carbonyl (C=O) groups is 1. The molecule has 0 radical (unpaired) electrons. The highest BCUT2D eigenvalue weighted by Crippen LogP contribution is 2.25. The lowest BCUT2D eigenvalue weighted by atomic mass is 9.87. The lowest BCUT2D eigenvalue weighted by Crippen LogP contribution is -2.43. The second-order valence-electron chi connectivity index (χ2n) is 7.32. The Hall–Kier alpha value is -1.56.